The second-order valence-corrected chi connectivity index (χ2v) is 9.06. The van der Waals surface area contributed by atoms with Gasteiger partial charge in [-0.15, -0.1) is 0 Å². The molecule has 144 valence electrons. The van der Waals surface area contributed by atoms with Crippen molar-refractivity contribution in [3.05, 3.63) is 10.3 Å². The predicted molar refractivity (Wildman–Crippen MR) is 93.2 cm³/mol. The Morgan fingerprint density at radius 1 is 0.654 bits per heavy atom. The molecule has 0 aromatic carbocycles. The molecular weight excluding hydrogens is 398 g/mol. The number of hydrogen-bond donors (Lipinski definition) is 0. The number of rotatable bonds is 15. The summed E-state index contributed by atoms with van der Waals surface area (Å²) >= 11 is 0. The average molecular weight is 429 g/mol. The van der Waals surface area contributed by atoms with Gasteiger partial charge in [-0.1, -0.05) is 83.6 Å². The fraction of sp³-hybridized carbons (Fsp3) is 0.875. The molecule has 26 heavy (non-hydrogen) atoms. The molecule has 0 bridgehead atoms. The summed E-state index contributed by atoms with van der Waals surface area (Å²) in [4.78, 5) is 0. The van der Waals surface area contributed by atoms with Crippen LogP contribution in [0.2, 0.25) is 0 Å². The quantitative estimate of drug-likeness (QED) is 0.170. The Hall–Kier alpha value is 1.56. The fourth-order valence-electron chi connectivity index (χ4n) is 2.53. The molecule has 0 aliphatic carbocycles. The summed E-state index contributed by atoms with van der Waals surface area (Å²) in [5.74, 6) is 0. The third-order valence-electron chi connectivity index (χ3n) is 3.86. The molecule has 0 unspecified atom stereocenters. The number of hydrogen-bond acceptors (Lipinski definition) is 6. The Balaban J connectivity index is -0.00000264. The van der Waals surface area contributed by atoms with Gasteiger partial charge in [0.05, 0.1) is 0 Å². The SMILES string of the molecule is CCCCCCCCCCCCCCC=C(S(=O)(=O)[O-])S(=O)(=O)[O-].[Na+].[Na+]. The predicted octanol–water partition coefficient (Wildman–Crippen LogP) is -1.98. The van der Waals surface area contributed by atoms with Crippen LogP contribution in [-0.2, 0) is 20.2 Å². The molecule has 0 N–H and O–H groups in total. The first-order valence-corrected chi connectivity index (χ1v) is 11.6. The molecular formula is C16H30Na2O6S2. The third-order valence-corrected chi connectivity index (χ3v) is 6.41. The maximum absolute atomic E-state index is 10.7. The summed E-state index contributed by atoms with van der Waals surface area (Å²) in [6.45, 7) is 2.20. The van der Waals surface area contributed by atoms with Crippen LogP contribution in [0.25, 0.3) is 0 Å². The molecule has 0 fully saturated rings. The molecule has 0 aliphatic rings. The fourth-order valence-corrected chi connectivity index (χ4v) is 4.18. The normalized spacial score (nSPS) is 11.3. The molecule has 0 atom stereocenters. The van der Waals surface area contributed by atoms with Crippen LogP contribution in [0.15, 0.2) is 10.3 Å². The smallest absolute Gasteiger partial charge is 0.744 e. The Morgan fingerprint density at radius 2 is 0.962 bits per heavy atom. The second kappa shape index (κ2) is 18.6. The van der Waals surface area contributed by atoms with E-state index in [9.17, 15) is 25.9 Å². The standard InChI is InChI=1S/C16H32O6S2.2Na/c1-2-3-4-5-6-7-8-9-10-11-12-13-14-15-16(23(17,18)19)24(20,21)22;;/h15H,2-14H2,1H3,(H,17,18,19)(H,20,21,22);;/q;2*+1/p-2. The number of allylic oxidation sites excluding steroid dienone is 1. The molecule has 6 nitrogen and oxygen atoms in total. The van der Waals surface area contributed by atoms with Crippen LogP contribution in [0.1, 0.15) is 90.4 Å². The van der Waals surface area contributed by atoms with Gasteiger partial charge in [0.1, 0.15) is 24.5 Å². The summed E-state index contributed by atoms with van der Waals surface area (Å²) in [6, 6.07) is 0. The molecule has 0 heterocycles. The van der Waals surface area contributed by atoms with Crippen molar-refractivity contribution >= 4 is 20.2 Å². The van der Waals surface area contributed by atoms with Crippen molar-refractivity contribution in [1.29, 1.82) is 0 Å². The van der Waals surface area contributed by atoms with Gasteiger partial charge in [0.2, 0.25) is 0 Å². The van der Waals surface area contributed by atoms with Crippen molar-refractivity contribution < 1.29 is 85.1 Å². The topological polar surface area (TPSA) is 114 Å². The van der Waals surface area contributed by atoms with Crippen molar-refractivity contribution in [2.45, 2.75) is 90.4 Å². The first-order valence-electron chi connectivity index (χ1n) is 8.81. The van der Waals surface area contributed by atoms with Gasteiger partial charge < -0.3 is 9.11 Å². The van der Waals surface area contributed by atoms with Gasteiger partial charge in [0, 0.05) is 0 Å². The Morgan fingerprint density at radius 3 is 1.27 bits per heavy atom. The van der Waals surface area contributed by atoms with E-state index in [4.69, 9.17) is 0 Å². The minimum absolute atomic E-state index is 0. The summed E-state index contributed by atoms with van der Waals surface area (Å²) in [6.07, 6.45) is 14.4. The molecule has 0 saturated carbocycles. The van der Waals surface area contributed by atoms with Crippen LogP contribution >= 0.6 is 0 Å². The molecule has 0 aromatic heterocycles. The Kier molecular flexibility index (Phi) is 23.0. The van der Waals surface area contributed by atoms with E-state index >= 15 is 0 Å². The van der Waals surface area contributed by atoms with Crippen molar-refractivity contribution in [3.63, 3.8) is 0 Å². The molecule has 0 saturated heterocycles. The van der Waals surface area contributed by atoms with Crippen molar-refractivity contribution in [3.8, 4) is 0 Å². The van der Waals surface area contributed by atoms with E-state index in [-0.39, 0.29) is 65.5 Å². The van der Waals surface area contributed by atoms with Gasteiger partial charge in [0.25, 0.3) is 0 Å². The van der Waals surface area contributed by atoms with Crippen molar-refractivity contribution in [2.75, 3.05) is 0 Å². The van der Waals surface area contributed by atoms with Crippen LogP contribution in [0.5, 0.6) is 0 Å². The van der Waals surface area contributed by atoms with Crippen molar-refractivity contribution in [2.24, 2.45) is 0 Å². The molecule has 0 spiro atoms. The van der Waals surface area contributed by atoms with Crippen molar-refractivity contribution in [1.82, 2.24) is 0 Å². The van der Waals surface area contributed by atoms with E-state index < -0.39 is 24.5 Å². The summed E-state index contributed by atoms with van der Waals surface area (Å²) in [7, 11) is -10.5. The minimum Gasteiger partial charge on any atom is -0.744 e. The zero-order valence-electron chi connectivity index (χ0n) is 16.5. The van der Waals surface area contributed by atoms with E-state index in [0.717, 1.165) is 25.3 Å². The summed E-state index contributed by atoms with van der Waals surface area (Å²) < 4.78 is 62.8. The maximum atomic E-state index is 10.7. The second-order valence-electron chi connectivity index (χ2n) is 6.11. The summed E-state index contributed by atoms with van der Waals surface area (Å²) in [5, 5.41) is 0. The Bertz CT molecular complexity index is 525. The zero-order chi connectivity index (χ0) is 18.5. The molecule has 10 heteroatoms. The van der Waals surface area contributed by atoms with Crippen LogP contribution in [-0.4, -0.2) is 25.9 Å². The zero-order valence-corrected chi connectivity index (χ0v) is 22.2. The van der Waals surface area contributed by atoms with Crippen LogP contribution in [0.4, 0.5) is 0 Å². The largest absolute Gasteiger partial charge is 1.00 e. The van der Waals surface area contributed by atoms with Gasteiger partial charge in [0.15, 0.2) is 0 Å². The van der Waals surface area contributed by atoms with Gasteiger partial charge in [-0.3, -0.25) is 0 Å². The van der Waals surface area contributed by atoms with E-state index in [2.05, 4.69) is 6.92 Å². The minimum atomic E-state index is -5.23. The van der Waals surface area contributed by atoms with Crippen LogP contribution in [0.3, 0.4) is 0 Å². The average Bonchev–Trinajstić information content (AvgIpc) is 2.45. The van der Waals surface area contributed by atoms with Gasteiger partial charge in [-0.05, 0) is 12.8 Å². The first kappa shape index (κ1) is 32.2. The number of unbranched alkanes of at least 4 members (excludes halogenated alkanes) is 12. The van der Waals surface area contributed by atoms with E-state index in [1.54, 1.807) is 0 Å². The molecule has 0 radical (unpaired) electrons. The molecule has 0 amide bonds. The van der Waals surface area contributed by atoms with Crippen LogP contribution < -0.4 is 59.1 Å². The van der Waals surface area contributed by atoms with E-state index in [0.29, 0.717) is 6.42 Å². The molecule has 0 rings (SSSR count). The van der Waals surface area contributed by atoms with Gasteiger partial charge >= 0.3 is 59.1 Å². The Labute approximate surface area is 204 Å². The monoisotopic (exact) mass is 428 g/mol. The maximum Gasteiger partial charge on any atom is 1.00 e. The van der Waals surface area contributed by atoms with E-state index in [1.807, 2.05) is 0 Å². The third kappa shape index (κ3) is 18.9. The molecule has 0 aliphatic heterocycles. The van der Waals surface area contributed by atoms with Gasteiger partial charge in [-0.25, -0.2) is 16.8 Å². The van der Waals surface area contributed by atoms with E-state index in [1.165, 1.54) is 51.4 Å². The molecule has 0 aromatic rings. The first-order chi connectivity index (χ1) is 11.2. The van der Waals surface area contributed by atoms with Crippen LogP contribution in [0, 0.1) is 0 Å². The van der Waals surface area contributed by atoms with Gasteiger partial charge in [-0.2, -0.15) is 0 Å². The summed E-state index contributed by atoms with van der Waals surface area (Å²) in [5.41, 5.74) is 0.